The molecule has 4 N–H and O–H groups in total. The van der Waals surface area contributed by atoms with Gasteiger partial charge >= 0.3 is 0 Å². The summed E-state index contributed by atoms with van der Waals surface area (Å²) in [5.74, 6) is 1.57. The second kappa shape index (κ2) is 5.87. The van der Waals surface area contributed by atoms with Crippen molar-refractivity contribution in [2.24, 2.45) is 11.8 Å². The number of nitrogens with zero attached hydrogens (tertiary/aromatic N) is 1. The van der Waals surface area contributed by atoms with E-state index in [0.29, 0.717) is 24.3 Å². The number of hydrogen-bond donors (Lipinski definition) is 3. The highest BCUT2D eigenvalue weighted by molar-refractivity contribution is 5.45. The number of rotatable bonds is 4. The molecule has 1 aliphatic carbocycles. The number of nitrogens with two attached hydrogens (primary N) is 1. The first kappa shape index (κ1) is 12.2. The Bertz CT molecular complexity index is 339. The molecule has 0 spiro atoms. The number of pyridine rings is 1. The Hall–Kier alpha value is -1.29. The highest BCUT2D eigenvalue weighted by Crippen LogP contribution is 2.29. The van der Waals surface area contributed by atoms with Crippen LogP contribution in [0, 0.1) is 11.8 Å². The van der Waals surface area contributed by atoms with Gasteiger partial charge in [0.05, 0.1) is 11.9 Å². The molecule has 1 aliphatic rings. The minimum absolute atomic E-state index is 0.312. The highest BCUT2D eigenvalue weighted by atomic mass is 16.3. The molecule has 17 heavy (non-hydrogen) atoms. The Morgan fingerprint density at radius 3 is 2.71 bits per heavy atom. The van der Waals surface area contributed by atoms with E-state index in [9.17, 15) is 5.11 Å². The van der Waals surface area contributed by atoms with E-state index in [-0.39, 0.29) is 0 Å². The number of hydrogen-bond acceptors (Lipinski definition) is 4. The molecule has 1 heterocycles. The molecule has 0 amide bonds. The van der Waals surface area contributed by atoms with Gasteiger partial charge in [0.2, 0.25) is 0 Å². The molecule has 0 aliphatic heterocycles. The summed E-state index contributed by atoms with van der Waals surface area (Å²) in [7, 11) is 0. The van der Waals surface area contributed by atoms with Crippen molar-refractivity contribution in [2.45, 2.75) is 25.7 Å². The fourth-order valence-electron chi connectivity index (χ4n) is 2.55. The van der Waals surface area contributed by atoms with Gasteiger partial charge < -0.3 is 16.2 Å². The summed E-state index contributed by atoms with van der Waals surface area (Å²) in [6.45, 7) is 1.23. The molecule has 2 unspecified atom stereocenters. The smallest absolute Gasteiger partial charge is 0.123 e. The van der Waals surface area contributed by atoms with E-state index in [0.717, 1.165) is 18.7 Å². The number of aliphatic hydroxyl groups is 1. The molecule has 1 aromatic heterocycles. The van der Waals surface area contributed by atoms with E-state index >= 15 is 0 Å². The molecule has 1 aromatic rings. The summed E-state index contributed by atoms with van der Waals surface area (Å²) < 4.78 is 0. The van der Waals surface area contributed by atoms with Crippen LogP contribution in [-0.2, 0) is 0 Å². The monoisotopic (exact) mass is 235 g/mol. The maximum Gasteiger partial charge on any atom is 0.123 e. The number of aromatic nitrogens is 1. The summed E-state index contributed by atoms with van der Waals surface area (Å²) >= 11 is 0. The third kappa shape index (κ3) is 3.33. The van der Waals surface area contributed by atoms with Crippen LogP contribution in [-0.4, -0.2) is 23.2 Å². The lowest BCUT2D eigenvalue weighted by molar-refractivity contribution is 0.141. The Morgan fingerprint density at radius 1 is 1.29 bits per heavy atom. The largest absolute Gasteiger partial charge is 0.396 e. The van der Waals surface area contributed by atoms with Gasteiger partial charge in [-0.25, -0.2) is 4.98 Å². The van der Waals surface area contributed by atoms with Crippen molar-refractivity contribution in [2.75, 3.05) is 24.2 Å². The van der Waals surface area contributed by atoms with Gasteiger partial charge in [0.15, 0.2) is 0 Å². The van der Waals surface area contributed by atoms with Gasteiger partial charge in [-0.1, -0.05) is 12.8 Å². The Balaban J connectivity index is 1.86. The van der Waals surface area contributed by atoms with Gasteiger partial charge in [-0.05, 0) is 36.8 Å². The third-order valence-corrected chi connectivity index (χ3v) is 3.66. The maximum atomic E-state index is 9.34. The van der Waals surface area contributed by atoms with E-state index < -0.39 is 0 Å². The lowest BCUT2D eigenvalue weighted by Gasteiger charge is -2.30. The third-order valence-electron chi connectivity index (χ3n) is 3.66. The van der Waals surface area contributed by atoms with Gasteiger partial charge in [-0.3, -0.25) is 0 Å². The molecule has 4 heteroatoms. The van der Waals surface area contributed by atoms with Crippen molar-refractivity contribution in [1.29, 1.82) is 0 Å². The molecule has 2 rings (SSSR count). The van der Waals surface area contributed by atoms with E-state index in [1.807, 2.05) is 6.07 Å². The first-order valence-electron chi connectivity index (χ1n) is 6.36. The van der Waals surface area contributed by atoms with Crippen LogP contribution in [0.15, 0.2) is 18.3 Å². The number of nitrogen functional groups attached to an aromatic ring is 1. The van der Waals surface area contributed by atoms with E-state index in [2.05, 4.69) is 10.3 Å². The first-order chi connectivity index (χ1) is 8.29. The zero-order valence-electron chi connectivity index (χ0n) is 10.1. The maximum absolute atomic E-state index is 9.34. The average Bonchev–Trinajstić information content (AvgIpc) is 2.38. The van der Waals surface area contributed by atoms with Crippen molar-refractivity contribution >= 4 is 11.5 Å². The fraction of sp³-hybridized carbons (Fsp3) is 0.615. The predicted molar refractivity (Wildman–Crippen MR) is 69.7 cm³/mol. The van der Waals surface area contributed by atoms with Crippen molar-refractivity contribution < 1.29 is 5.11 Å². The van der Waals surface area contributed by atoms with Crippen LogP contribution in [0.3, 0.4) is 0 Å². The standard InChI is InChI=1S/C13H21N3O/c14-13-6-5-12(8-16-13)15-7-10-3-1-2-4-11(10)9-17/h5-6,8,10-11,15,17H,1-4,7,9H2,(H2,14,16). The normalized spacial score (nSPS) is 24.5. The minimum Gasteiger partial charge on any atom is -0.396 e. The first-order valence-corrected chi connectivity index (χ1v) is 6.36. The van der Waals surface area contributed by atoms with E-state index in [1.165, 1.54) is 19.3 Å². The Kier molecular flexibility index (Phi) is 4.20. The van der Waals surface area contributed by atoms with Crippen molar-refractivity contribution in [3.63, 3.8) is 0 Å². The number of aliphatic hydroxyl groups excluding tert-OH is 1. The van der Waals surface area contributed by atoms with E-state index in [1.54, 1.807) is 12.3 Å². The molecular weight excluding hydrogens is 214 g/mol. The Morgan fingerprint density at radius 2 is 2.06 bits per heavy atom. The predicted octanol–water partition coefficient (Wildman–Crippen LogP) is 1.87. The number of anilines is 2. The van der Waals surface area contributed by atoms with Gasteiger partial charge in [0, 0.05) is 13.2 Å². The zero-order valence-corrected chi connectivity index (χ0v) is 10.1. The van der Waals surface area contributed by atoms with Crippen molar-refractivity contribution in [3.05, 3.63) is 18.3 Å². The highest BCUT2D eigenvalue weighted by Gasteiger charge is 2.23. The molecule has 1 fully saturated rings. The summed E-state index contributed by atoms with van der Waals surface area (Å²) in [4.78, 5) is 4.05. The van der Waals surface area contributed by atoms with Crippen LogP contribution in [0.25, 0.3) is 0 Å². The van der Waals surface area contributed by atoms with Crippen LogP contribution < -0.4 is 11.1 Å². The fourth-order valence-corrected chi connectivity index (χ4v) is 2.55. The van der Waals surface area contributed by atoms with Crippen LogP contribution >= 0.6 is 0 Å². The molecule has 4 nitrogen and oxygen atoms in total. The average molecular weight is 235 g/mol. The van der Waals surface area contributed by atoms with E-state index in [4.69, 9.17) is 5.73 Å². The molecule has 2 atom stereocenters. The van der Waals surface area contributed by atoms with Crippen molar-refractivity contribution in [1.82, 2.24) is 4.98 Å². The van der Waals surface area contributed by atoms with Crippen molar-refractivity contribution in [3.8, 4) is 0 Å². The van der Waals surface area contributed by atoms with Gasteiger partial charge in [-0.15, -0.1) is 0 Å². The van der Waals surface area contributed by atoms with Crippen LogP contribution in [0.5, 0.6) is 0 Å². The van der Waals surface area contributed by atoms with Crippen LogP contribution in [0.1, 0.15) is 25.7 Å². The zero-order chi connectivity index (χ0) is 12.1. The molecule has 0 radical (unpaired) electrons. The molecular formula is C13H21N3O. The van der Waals surface area contributed by atoms with Crippen LogP contribution in [0.2, 0.25) is 0 Å². The molecule has 94 valence electrons. The van der Waals surface area contributed by atoms with Gasteiger partial charge in [0.25, 0.3) is 0 Å². The second-order valence-corrected chi connectivity index (χ2v) is 4.84. The summed E-state index contributed by atoms with van der Waals surface area (Å²) in [6.07, 6.45) is 6.66. The minimum atomic E-state index is 0.312. The lowest BCUT2D eigenvalue weighted by atomic mass is 9.79. The summed E-state index contributed by atoms with van der Waals surface area (Å²) in [6, 6.07) is 3.74. The number of nitrogens with one attached hydrogen (secondary N) is 1. The quantitative estimate of drug-likeness (QED) is 0.745. The summed E-state index contributed by atoms with van der Waals surface area (Å²) in [5.41, 5.74) is 6.54. The molecule has 0 saturated heterocycles. The summed E-state index contributed by atoms with van der Waals surface area (Å²) in [5, 5.41) is 12.7. The molecule has 0 bridgehead atoms. The lowest BCUT2D eigenvalue weighted by Crippen LogP contribution is -2.28. The second-order valence-electron chi connectivity index (χ2n) is 4.84. The van der Waals surface area contributed by atoms with Gasteiger partial charge in [-0.2, -0.15) is 0 Å². The molecule has 0 aromatic carbocycles. The topological polar surface area (TPSA) is 71.2 Å². The molecule has 1 saturated carbocycles. The Labute approximate surface area is 102 Å². The van der Waals surface area contributed by atoms with Crippen LogP contribution in [0.4, 0.5) is 11.5 Å². The van der Waals surface area contributed by atoms with Gasteiger partial charge in [0.1, 0.15) is 5.82 Å². The SMILES string of the molecule is Nc1ccc(NCC2CCCCC2CO)cn1.